The van der Waals surface area contributed by atoms with Gasteiger partial charge < -0.3 is 14.2 Å². The minimum Gasteiger partial charge on any atom is -0.489 e. The molecule has 0 radical (unpaired) electrons. The van der Waals surface area contributed by atoms with Crippen LogP contribution in [-0.4, -0.2) is 36.9 Å². The minimum absolute atomic E-state index is 0.225. The Labute approximate surface area is 147 Å². The van der Waals surface area contributed by atoms with E-state index in [2.05, 4.69) is 4.98 Å². The summed E-state index contributed by atoms with van der Waals surface area (Å²) in [5, 5.41) is 0.957. The average molecular weight is 341 g/mol. The van der Waals surface area contributed by atoms with Crippen molar-refractivity contribution in [3.8, 4) is 5.75 Å². The van der Waals surface area contributed by atoms with Gasteiger partial charge >= 0.3 is 5.97 Å². The van der Waals surface area contributed by atoms with Gasteiger partial charge in [-0.2, -0.15) is 0 Å². The Morgan fingerprint density at radius 1 is 1.20 bits per heavy atom. The number of carbonyl (C=O) groups is 1. The van der Waals surface area contributed by atoms with Crippen LogP contribution in [0, 0.1) is 5.41 Å². The van der Waals surface area contributed by atoms with Crippen LogP contribution >= 0.6 is 0 Å². The summed E-state index contributed by atoms with van der Waals surface area (Å²) in [4.78, 5) is 16.5. The number of hydrogen-bond donors (Lipinski definition) is 0. The SMILES string of the molecule is O=C(OCCOc1ccnc2ccccc12)C1CC2(CCCC2)CO1. The zero-order chi connectivity index (χ0) is 17.1. The second-order valence-electron chi connectivity index (χ2n) is 7.05. The molecule has 2 aromatic rings. The molecule has 5 heteroatoms. The minimum atomic E-state index is -0.403. The second-order valence-corrected chi connectivity index (χ2v) is 7.05. The highest BCUT2D eigenvalue weighted by Crippen LogP contribution is 2.46. The first-order valence-electron chi connectivity index (χ1n) is 9.01. The summed E-state index contributed by atoms with van der Waals surface area (Å²) >= 11 is 0. The number of benzene rings is 1. The average Bonchev–Trinajstić information content (AvgIpc) is 3.29. The van der Waals surface area contributed by atoms with Crippen LogP contribution in [0.4, 0.5) is 0 Å². The highest BCUT2D eigenvalue weighted by molar-refractivity contribution is 5.84. The standard InChI is InChI=1S/C20H23NO4/c22-19(18-13-20(14-25-18)8-3-4-9-20)24-12-11-23-17-7-10-21-16-6-2-1-5-15(16)17/h1-2,5-7,10,18H,3-4,8-9,11-14H2. The van der Waals surface area contributed by atoms with Gasteiger partial charge in [0.2, 0.25) is 0 Å². The van der Waals surface area contributed by atoms with Crippen LogP contribution in [-0.2, 0) is 14.3 Å². The van der Waals surface area contributed by atoms with Gasteiger partial charge in [-0.25, -0.2) is 4.79 Å². The summed E-state index contributed by atoms with van der Waals surface area (Å²) in [6, 6.07) is 9.64. The number of esters is 1. The van der Waals surface area contributed by atoms with Gasteiger partial charge in [-0.15, -0.1) is 0 Å². The molecule has 4 rings (SSSR count). The van der Waals surface area contributed by atoms with Gasteiger partial charge in [0.15, 0.2) is 6.10 Å². The van der Waals surface area contributed by atoms with Gasteiger partial charge in [0, 0.05) is 11.6 Å². The molecule has 25 heavy (non-hydrogen) atoms. The third-order valence-corrected chi connectivity index (χ3v) is 5.33. The third kappa shape index (κ3) is 3.47. The number of nitrogens with zero attached hydrogens (tertiary/aromatic N) is 1. The number of hydrogen-bond acceptors (Lipinski definition) is 5. The molecule has 0 bridgehead atoms. The van der Waals surface area contributed by atoms with E-state index in [1.165, 1.54) is 25.7 Å². The van der Waals surface area contributed by atoms with Crippen molar-refractivity contribution in [3.05, 3.63) is 36.5 Å². The Balaban J connectivity index is 1.26. The number of aromatic nitrogens is 1. The van der Waals surface area contributed by atoms with E-state index in [4.69, 9.17) is 14.2 Å². The van der Waals surface area contributed by atoms with E-state index in [0.717, 1.165) is 23.1 Å². The van der Waals surface area contributed by atoms with Crippen molar-refractivity contribution in [1.82, 2.24) is 4.98 Å². The molecule has 1 spiro atoms. The molecule has 0 amide bonds. The number of para-hydroxylation sites is 1. The second kappa shape index (κ2) is 7.00. The predicted octanol–water partition coefficient (Wildman–Crippen LogP) is 3.51. The lowest BCUT2D eigenvalue weighted by atomic mass is 9.84. The number of pyridine rings is 1. The van der Waals surface area contributed by atoms with Crippen LogP contribution in [0.15, 0.2) is 36.5 Å². The molecule has 1 aromatic carbocycles. The lowest BCUT2D eigenvalue weighted by Crippen LogP contribution is -2.25. The summed E-state index contributed by atoms with van der Waals surface area (Å²) in [7, 11) is 0. The normalized spacial score (nSPS) is 21.7. The molecule has 2 aliphatic rings. The molecule has 1 aliphatic heterocycles. The van der Waals surface area contributed by atoms with Gasteiger partial charge in [-0.3, -0.25) is 4.98 Å². The highest BCUT2D eigenvalue weighted by atomic mass is 16.6. The third-order valence-electron chi connectivity index (χ3n) is 5.33. The van der Waals surface area contributed by atoms with E-state index in [-0.39, 0.29) is 18.0 Å². The summed E-state index contributed by atoms with van der Waals surface area (Å²) in [5.41, 5.74) is 1.12. The molecule has 1 atom stereocenters. The highest BCUT2D eigenvalue weighted by Gasteiger charge is 2.45. The Morgan fingerprint density at radius 2 is 2.04 bits per heavy atom. The van der Waals surface area contributed by atoms with E-state index >= 15 is 0 Å². The maximum atomic E-state index is 12.2. The molecule has 1 aliphatic carbocycles. The first-order chi connectivity index (χ1) is 12.3. The Kier molecular flexibility index (Phi) is 4.57. The monoisotopic (exact) mass is 341 g/mol. The summed E-state index contributed by atoms with van der Waals surface area (Å²) in [6.07, 6.45) is 6.97. The molecule has 2 fully saturated rings. The molecular weight excluding hydrogens is 318 g/mol. The molecule has 5 nitrogen and oxygen atoms in total. The smallest absolute Gasteiger partial charge is 0.335 e. The molecule has 132 valence electrons. The Morgan fingerprint density at radius 3 is 2.92 bits per heavy atom. The van der Waals surface area contributed by atoms with Crippen molar-refractivity contribution in [2.45, 2.75) is 38.2 Å². The topological polar surface area (TPSA) is 57.7 Å². The van der Waals surface area contributed by atoms with Gasteiger partial charge in [0.25, 0.3) is 0 Å². The van der Waals surface area contributed by atoms with Crippen molar-refractivity contribution in [3.63, 3.8) is 0 Å². The van der Waals surface area contributed by atoms with Gasteiger partial charge in [-0.1, -0.05) is 25.0 Å². The Hall–Kier alpha value is -2.14. The molecule has 1 unspecified atom stereocenters. The maximum absolute atomic E-state index is 12.2. The van der Waals surface area contributed by atoms with E-state index in [0.29, 0.717) is 13.2 Å². The molecule has 0 N–H and O–H groups in total. The van der Waals surface area contributed by atoms with E-state index < -0.39 is 6.10 Å². The molecule has 2 heterocycles. The van der Waals surface area contributed by atoms with Crippen LogP contribution in [0.25, 0.3) is 10.9 Å². The van der Waals surface area contributed by atoms with Crippen molar-refractivity contribution in [1.29, 1.82) is 0 Å². The van der Waals surface area contributed by atoms with Gasteiger partial charge in [0.05, 0.1) is 12.1 Å². The van der Waals surface area contributed by atoms with E-state index in [1.807, 2.05) is 30.3 Å². The molecule has 1 saturated carbocycles. The number of rotatable bonds is 5. The summed E-state index contributed by atoms with van der Waals surface area (Å²) < 4.78 is 16.8. The quantitative estimate of drug-likeness (QED) is 0.615. The summed E-state index contributed by atoms with van der Waals surface area (Å²) in [6.45, 7) is 1.24. The van der Waals surface area contributed by atoms with E-state index in [9.17, 15) is 4.79 Å². The Bertz CT molecular complexity index is 749. The first kappa shape index (κ1) is 16.3. The summed E-state index contributed by atoms with van der Waals surface area (Å²) in [5.74, 6) is 0.496. The number of carbonyl (C=O) groups excluding carboxylic acids is 1. The van der Waals surface area contributed by atoms with Crippen molar-refractivity contribution in [2.24, 2.45) is 5.41 Å². The van der Waals surface area contributed by atoms with Crippen molar-refractivity contribution < 1.29 is 19.0 Å². The van der Waals surface area contributed by atoms with Gasteiger partial charge in [0.1, 0.15) is 19.0 Å². The first-order valence-corrected chi connectivity index (χ1v) is 9.01. The van der Waals surface area contributed by atoms with Crippen LogP contribution in [0.3, 0.4) is 0 Å². The lowest BCUT2D eigenvalue weighted by Gasteiger charge is -2.19. The molecule has 1 aromatic heterocycles. The molecular formula is C20H23NO4. The molecule has 1 saturated heterocycles. The van der Waals surface area contributed by atoms with Crippen molar-refractivity contribution >= 4 is 16.9 Å². The van der Waals surface area contributed by atoms with Crippen LogP contribution in [0.1, 0.15) is 32.1 Å². The lowest BCUT2D eigenvalue weighted by molar-refractivity contribution is -0.154. The van der Waals surface area contributed by atoms with E-state index in [1.54, 1.807) is 6.20 Å². The zero-order valence-electron chi connectivity index (χ0n) is 14.3. The number of ether oxygens (including phenoxy) is 3. The number of fused-ring (bicyclic) bond motifs is 1. The van der Waals surface area contributed by atoms with Crippen LogP contribution < -0.4 is 4.74 Å². The van der Waals surface area contributed by atoms with Crippen LogP contribution in [0.2, 0.25) is 0 Å². The maximum Gasteiger partial charge on any atom is 0.335 e. The zero-order valence-corrected chi connectivity index (χ0v) is 14.3. The fourth-order valence-electron chi connectivity index (χ4n) is 4.00. The fourth-order valence-corrected chi connectivity index (χ4v) is 4.00. The van der Waals surface area contributed by atoms with Gasteiger partial charge in [-0.05, 0) is 42.9 Å². The van der Waals surface area contributed by atoms with Crippen LogP contribution in [0.5, 0.6) is 5.75 Å². The fraction of sp³-hybridized carbons (Fsp3) is 0.500. The largest absolute Gasteiger partial charge is 0.489 e. The van der Waals surface area contributed by atoms with Crippen molar-refractivity contribution in [2.75, 3.05) is 19.8 Å². The predicted molar refractivity (Wildman–Crippen MR) is 93.5 cm³/mol.